The number of nitrogens with zero attached hydrogens (tertiary/aromatic N) is 3. The van der Waals surface area contributed by atoms with E-state index in [9.17, 15) is 14.7 Å². The molecule has 3 aliphatic heterocycles. The molecule has 3 heterocycles. The number of rotatable bonds is 6. The van der Waals surface area contributed by atoms with Gasteiger partial charge in [0.1, 0.15) is 0 Å². The topological polar surface area (TPSA) is 102 Å². The van der Waals surface area contributed by atoms with Gasteiger partial charge in [-0.05, 0) is 62.1 Å². The molecule has 2 aromatic rings. The second-order valence-electron chi connectivity index (χ2n) is 10.9. The van der Waals surface area contributed by atoms with Crippen LogP contribution >= 0.6 is 36.7 Å². The Morgan fingerprint density at radius 3 is 2.31 bits per heavy atom. The number of likely N-dealkylation sites (tertiary alicyclic amines) is 3. The lowest BCUT2D eigenvalue weighted by molar-refractivity contribution is -0.152. The van der Waals surface area contributed by atoms with Crippen LogP contribution in [-0.2, 0) is 10.4 Å². The minimum atomic E-state index is -1.60. The maximum Gasteiger partial charge on any atom is 0.258 e. The van der Waals surface area contributed by atoms with Crippen molar-refractivity contribution in [3.8, 4) is 0 Å². The Bertz CT molecular complexity index is 1200. The number of carbonyl (C=O) groups excluding carboxylic acids is 2. The number of hydrogen-bond donors (Lipinski definition) is 3. The zero-order valence-corrected chi connectivity index (χ0v) is 24.6. The average molecular weight is 595 g/mol. The molecule has 0 aliphatic carbocycles. The number of nitrogens with one attached hydrogen (secondary N) is 1. The molecule has 0 saturated carbocycles. The van der Waals surface area contributed by atoms with Gasteiger partial charge >= 0.3 is 0 Å². The summed E-state index contributed by atoms with van der Waals surface area (Å²) in [5, 5.41) is 15.4. The number of piperidine rings is 1. The van der Waals surface area contributed by atoms with E-state index < -0.39 is 5.60 Å². The SMILES string of the molecule is C[C@@](O)(C(=O)N1CCC(N2CC(Nc3ccc(C(=O)N4CCC(N)C4)c(Cl)c3)C2)CC1)c1cccc(Cl)c1.S. The molecular formula is C28H37Cl2N5O3S. The first kappa shape index (κ1) is 30.0. The summed E-state index contributed by atoms with van der Waals surface area (Å²) in [6.07, 6.45) is 2.56. The lowest BCUT2D eigenvalue weighted by atomic mass is 9.92. The van der Waals surface area contributed by atoms with Gasteiger partial charge in [0.2, 0.25) is 0 Å². The van der Waals surface area contributed by atoms with Crippen LogP contribution in [0.5, 0.6) is 0 Å². The Balaban J connectivity index is 0.00000353. The standard InChI is InChI=1S/C28H35Cl2N5O3.H2S/c1-28(38,18-3-2-4-19(29)13-18)27(37)33-11-8-23(9-12-33)35-16-22(17-35)32-21-5-6-24(25(30)14-21)26(36)34-10-7-20(31)15-34;/h2-6,13-14,20,22-23,32,38H,7-12,15-17,31H2,1H3;1H2/t20?,28-;/m0./s1. The monoisotopic (exact) mass is 593 g/mol. The first-order valence-electron chi connectivity index (χ1n) is 13.2. The van der Waals surface area contributed by atoms with Crippen molar-refractivity contribution >= 4 is 54.2 Å². The van der Waals surface area contributed by atoms with Crippen LogP contribution in [0, 0.1) is 0 Å². The number of aliphatic hydroxyl groups is 1. The van der Waals surface area contributed by atoms with Crippen molar-refractivity contribution in [2.45, 2.75) is 49.9 Å². The van der Waals surface area contributed by atoms with Gasteiger partial charge in [-0.1, -0.05) is 35.3 Å². The average Bonchev–Trinajstić information content (AvgIpc) is 3.31. The molecule has 2 aromatic carbocycles. The van der Waals surface area contributed by atoms with Crippen LogP contribution in [0.2, 0.25) is 10.0 Å². The number of hydrogen-bond acceptors (Lipinski definition) is 6. The Labute approximate surface area is 246 Å². The summed E-state index contributed by atoms with van der Waals surface area (Å²) in [5.41, 5.74) is 6.25. The van der Waals surface area contributed by atoms with Crippen LogP contribution < -0.4 is 11.1 Å². The lowest BCUT2D eigenvalue weighted by Gasteiger charge is -2.48. The molecule has 3 fully saturated rings. The number of halogens is 2. The van der Waals surface area contributed by atoms with Crippen LogP contribution in [0.3, 0.4) is 0 Å². The Kier molecular flexibility index (Phi) is 9.41. The van der Waals surface area contributed by atoms with Crippen LogP contribution in [-0.4, -0.2) is 89.0 Å². The van der Waals surface area contributed by atoms with Gasteiger partial charge in [-0.3, -0.25) is 14.5 Å². The van der Waals surface area contributed by atoms with Crippen LogP contribution in [0.25, 0.3) is 0 Å². The first-order valence-corrected chi connectivity index (χ1v) is 14.0. The second-order valence-corrected chi connectivity index (χ2v) is 11.7. The van der Waals surface area contributed by atoms with E-state index in [0.717, 1.165) is 38.0 Å². The van der Waals surface area contributed by atoms with E-state index in [1.165, 1.54) is 6.92 Å². The molecule has 3 saturated heterocycles. The molecule has 0 aromatic heterocycles. The van der Waals surface area contributed by atoms with E-state index in [-0.39, 0.29) is 31.4 Å². The Morgan fingerprint density at radius 2 is 1.69 bits per heavy atom. The molecule has 0 bridgehead atoms. The fourth-order valence-electron chi connectivity index (χ4n) is 5.71. The normalized spacial score (nSPS) is 22.1. The molecule has 0 radical (unpaired) electrons. The first-order chi connectivity index (χ1) is 18.1. The van der Waals surface area contributed by atoms with E-state index in [1.54, 1.807) is 40.1 Å². The molecule has 4 N–H and O–H groups in total. The van der Waals surface area contributed by atoms with Gasteiger partial charge in [0.15, 0.2) is 5.60 Å². The summed E-state index contributed by atoms with van der Waals surface area (Å²) in [7, 11) is 0. The highest BCUT2D eigenvalue weighted by molar-refractivity contribution is 7.59. The van der Waals surface area contributed by atoms with Gasteiger partial charge < -0.3 is 26.0 Å². The quantitative estimate of drug-likeness (QED) is 0.475. The number of anilines is 1. The molecule has 5 rings (SSSR count). The Hall–Kier alpha value is -2.01. The zero-order chi connectivity index (χ0) is 27.0. The highest BCUT2D eigenvalue weighted by Gasteiger charge is 2.40. The van der Waals surface area contributed by atoms with Crippen molar-refractivity contribution in [3.05, 3.63) is 63.6 Å². The molecule has 212 valence electrons. The number of amides is 2. The number of carbonyl (C=O) groups is 2. The minimum absolute atomic E-state index is 0. The van der Waals surface area contributed by atoms with E-state index in [0.29, 0.717) is 59.4 Å². The molecule has 2 amide bonds. The van der Waals surface area contributed by atoms with Gasteiger partial charge in [-0.2, -0.15) is 13.5 Å². The van der Waals surface area contributed by atoms with E-state index in [1.807, 2.05) is 12.1 Å². The summed E-state index contributed by atoms with van der Waals surface area (Å²) < 4.78 is 0. The van der Waals surface area contributed by atoms with E-state index in [2.05, 4.69) is 10.2 Å². The third kappa shape index (κ3) is 6.50. The fraction of sp³-hybridized carbons (Fsp3) is 0.500. The molecule has 8 nitrogen and oxygen atoms in total. The van der Waals surface area contributed by atoms with E-state index in [4.69, 9.17) is 28.9 Å². The number of benzene rings is 2. The van der Waals surface area contributed by atoms with Gasteiger partial charge in [0.05, 0.1) is 16.6 Å². The van der Waals surface area contributed by atoms with Gasteiger partial charge in [0, 0.05) is 62.1 Å². The summed E-state index contributed by atoms with van der Waals surface area (Å²) in [6.45, 7) is 5.81. The molecule has 2 atom stereocenters. The van der Waals surface area contributed by atoms with Crippen molar-refractivity contribution < 1.29 is 14.7 Å². The third-order valence-electron chi connectivity index (χ3n) is 8.06. The van der Waals surface area contributed by atoms with Crippen molar-refractivity contribution in [3.63, 3.8) is 0 Å². The van der Waals surface area contributed by atoms with Crippen molar-refractivity contribution in [2.24, 2.45) is 5.73 Å². The minimum Gasteiger partial charge on any atom is -0.380 e. The number of nitrogens with two attached hydrogens (primary N) is 1. The van der Waals surface area contributed by atoms with Gasteiger partial charge in [-0.25, -0.2) is 0 Å². The van der Waals surface area contributed by atoms with Gasteiger partial charge in [-0.15, -0.1) is 0 Å². The van der Waals surface area contributed by atoms with Crippen LogP contribution in [0.1, 0.15) is 42.1 Å². The lowest BCUT2D eigenvalue weighted by Crippen LogP contribution is -2.61. The van der Waals surface area contributed by atoms with Crippen molar-refractivity contribution in [1.29, 1.82) is 0 Å². The van der Waals surface area contributed by atoms with Crippen molar-refractivity contribution in [2.75, 3.05) is 44.6 Å². The molecule has 3 aliphatic rings. The predicted octanol–water partition coefficient (Wildman–Crippen LogP) is 3.27. The molecule has 11 heteroatoms. The summed E-state index contributed by atoms with van der Waals surface area (Å²) in [6, 6.07) is 13.1. The smallest absolute Gasteiger partial charge is 0.258 e. The summed E-state index contributed by atoms with van der Waals surface area (Å²) in [5.74, 6) is -0.351. The molecule has 39 heavy (non-hydrogen) atoms. The maximum atomic E-state index is 13.1. The zero-order valence-electron chi connectivity index (χ0n) is 22.1. The second kappa shape index (κ2) is 12.2. The van der Waals surface area contributed by atoms with Crippen LogP contribution in [0.15, 0.2) is 42.5 Å². The van der Waals surface area contributed by atoms with Crippen molar-refractivity contribution in [1.82, 2.24) is 14.7 Å². The molecule has 0 spiro atoms. The third-order valence-corrected chi connectivity index (χ3v) is 8.61. The summed E-state index contributed by atoms with van der Waals surface area (Å²) >= 11 is 12.5. The van der Waals surface area contributed by atoms with Crippen LogP contribution in [0.4, 0.5) is 5.69 Å². The fourth-order valence-corrected chi connectivity index (χ4v) is 6.17. The predicted molar refractivity (Wildman–Crippen MR) is 160 cm³/mol. The Morgan fingerprint density at radius 1 is 1.00 bits per heavy atom. The highest BCUT2D eigenvalue weighted by Crippen LogP contribution is 2.30. The van der Waals surface area contributed by atoms with E-state index >= 15 is 0 Å². The summed E-state index contributed by atoms with van der Waals surface area (Å²) in [4.78, 5) is 31.8. The largest absolute Gasteiger partial charge is 0.380 e. The maximum absolute atomic E-state index is 13.1. The molecular weight excluding hydrogens is 557 g/mol. The van der Waals surface area contributed by atoms with Gasteiger partial charge in [0.25, 0.3) is 11.8 Å². The molecule has 1 unspecified atom stereocenters. The highest BCUT2D eigenvalue weighted by atomic mass is 35.5.